The molecule has 0 bridgehead atoms. The number of hydrogen-bond donors (Lipinski definition) is 0. The summed E-state index contributed by atoms with van der Waals surface area (Å²) in [6, 6.07) is 6.73. The molecule has 1 atom stereocenters. The summed E-state index contributed by atoms with van der Waals surface area (Å²) in [5.74, 6) is 1.32. The number of alkyl halides is 1. The van der Waals surface area contributed by atoms with Gasteiger partial charge in [0, 0.05) is 5.88 Å². The average molecular weight is 239 g/mol. The number of benzene rings is 1. The highest BCUT2D eigenvalue weighted by Crippen LogP contribution is 2.33. The molecule has 0 aliphatic rings. The monoisotopic (exact) mass is 238 g/mol. The Morgan fingerprint density at radius 1 is 1.19 bits per heavy atom. The van der Waals surface area contributed by atoms with Crippen molar-refractivity contribution in [2.75, 3.05) is 5.88 Å². The fourth-order valence-electron chi connectivity index (χ4n) is 1.79. The van der Waals surface area contributed by atoms with E-state index in [4.69, 9.17) is 11.6 Å². The maximum absolute atomic E-state index is 6.12. The Morgan fingerprint density at radius 3 is 2.25 bits per heavy atom. The van der Waals surface area contributed by atoms with Gasteiger partial charge in [-0.2, -0.15) is 0 Å². The standard InChI is InChI=1S/C15H23Cl/c1-11(2)15(5,10-16)9-14-7-6-12(3)13(4)8-14/h6-8,11H,9-10H2,1-5H3. The Kier molecular flexibility index (Phi) is 4.43. The van der Waals surface area contributed by atoms with Crippen LogP contribution in [0.3, 0.4) is 0 Å². The lowest BCUT2D eigenvalue weighted by Gasteiger charge is -2.32. The van der Waals surface area contributed by atoms with E-state index in [1.807, 2.05) is 0 Å². The molecule has 0 amide bonds. The van der Waals surface area contributed by atoms with E-state index in [1.165, 1.54) is 16.7 Å². The summed E-state index contributed by atoms with van der Waals surface area (Å²) in [6.07, 6.45) is 1.06. The van der Waals surface area contributed by atoms with Crippen molar-refractivity contribution < 1.29 is 0 Å². The SMILES string of the molecule is Cc1ccc(CC(C)(CCl)C(C)C)cc1C. The third kappa shape index (κ3) is 3.01. The van der Waals surface area contributed by atoms with Crippen LogP contribution >= 0.6 is 11.6 Å². The normalized spacial score (nSPS) is 15.2. The zero-order valence-corrected chi connectivity index (χ0v) is 11.9. The molecule has 0 fully saturated rings. The molecule has 1 unspecified atom stereocenters. The fraction of sp³-hybridized carbons (Fsp3) is 0.600. The minimum atomic E-state index is 0.198. The van der Waals surface area contributed by atoms with Gasteiger partial charge in [0.2, 0.25) is 0 Å². The lowest BCUT2D eigenvalue weighted by Crippen LogP contribution is -2.28. The highest BCUT2D eigenvalue weighted by Gasteiger charge is 2.27. The Hall–Kier alpha value is -0.490. The summed E-state index contributed by atoms with van der Waals surface area (Å²) in [5, 5.41) is 0. The van der Waals surface area contributed by atoms with E-state index < -0.39 is 0 Å². The van der Waals surface area contributed by atoms with Crippen LogP contribution in [-0.4, -0.2) is 5.88 Å². The number of aryl methyl sites for hydroxylation is 2. The highest BCUT2D eigenvalue weighted by molar-refractivity contribution is 6.18. The van der Waals surface area contributed by atoms with Gasteiger partial charge in [-0.15, -0.1) is 11.6 Å². The minimum absolute atomic E-state index is 0.198. The van der Waals surface area contributed by atoms with Crippen molar-refractivity contribution >= 4 is 11.6 Å². The van der Waals surface area contributed by atoms with Crippen molar-refractivity contribution in [1.82, 2.24) is 0 Å². The predicted octanol–water partition coefficient (Wildman–Crippen LogP) is 4.75. The maximum atomic E-state index is 6.12. The molecule has 0 saturated carbocycles. The molecule has 0 aliphatic carbocycles. The van der Waals surface area contributed by atoms with Gasteiger partial charge in [0.1, 0.15) is 0 Å². The van der Waals surface area contributed by atoms with Crippen molar-refractivity contribution in [2.24, 2.45) is 11.3 Å². The second-order valence-corrected chi connectivity index (χ2v) is 5.81. The molecule has 1 heteroatoms. The first kappa shape index (κ1) is 13.6. The smallest absolute Gasteiger partial charge is 0.0282 e. The second kappa shape index (κ2) is 5.23. The number of halogens is 1. The van der Waals surface area contributed by atoms with Crippen molar-refractivity contribution in [3.8, 4) is 0 Å². The predicted molar refractivity (Wildman–Crippen MR) is 73.3 cm³/mol. The average Bonchev–Trinajstić information content (AvgIpc) is 2.23. The van der Waals surface area contributed by atoms with Gasteiger partial charge in [-0.1, -0.05) is 39.0 Å². The van der Waals surface area contributed by atoms with E-state index in [1.54, 1.807) is 0 Å². The molecule has 90 valence electrons. The zero-order chi connectivity index (χ0) is 12.3. The third-order valence-electron chi connectivity index (χ3n) is 3.88. The van der Waals surface area contributed by atoms with E-state index in [0.29, 0.717) is 5.92 Å². The largest absolute Gasteiger partial charge is 0.126 e. The molecule has 16 heavy (non-hydrogen) atoms. The van der Waals surface area contributed by atoms with Crippen LogP contribution in [0.15, 0.2) is 18.2 Å². The Morgan fingerprint density at radius 2 is 1.81 bits per heavy atom. The van der Waals surface area contributed by atoms with Crippen LogP contribution in [0.5, 0.6) is 0 Å². The van der Waals surface area contributed by atoms with E-state index in [9.17, 15) is 0 Å². The number of rotatable bonds is 4. The van der Waals surface area contributed by atoms with E-state index >= 15 is 0 Å². The van der Waals surface area contributed by atoms with Gasteiger partial charge in [-0.25, -0.2) is 0 Å². The Balaban J connectivity index is 2.90. The van der Waals surface area contributed by atoms with Crippen molar-refractivity contribution in [1.29, 1.82) is 0 Å². The molecule has 0 radical (unpaired) electrons. The summed E-state index contributed by atoms with van der Waals surface area (Å²) < 4.78 is 0. The highest BCUT2D eigenvalue weighted by atomic mass is 35.5. The van der Waals surface area contributed by atoms with Gasteiger partial charge in [0.05, 0.1) is 0 Å². The number of hydrogen-bond acceptors (Lipinski definition) is 0. The minimum Gasteiger partial charge on any atom is -0.126 e. The van der Waals surface area contributed by atoms with Crippen LogP contribution in [0.1, 0.15) is 37.5 Å². The molecular weight excluding hydrogens is 216 g/mol. The molecule has 0 heterocycles. The van der Waals surface area contributed by atoms with Gasteiger partial charge in [-0.3, -0.25) is 0 Å². The lowest BCUT2D eigenvalue weighted by molar-refractivity contribution is 0.253. The zero-order valence-electron chi connectivity index (χ0n) is 11.1. The van der Waals surface area contributed by atoms with Crippen molar-refractivity contribution in [3.05, 3.63) is 34.9 Å². The van der Waals surface area contributed by atoms with Crippen LogP contribution in [0, 0.1) is 25.2 Å². The summed E-state index contributed by atoms with van der Waals surface area (Å²) in [5.41, 5.74) is 4.34. The molecule has 0 nitrogen and oxygen atoms in total. The van der Waals surface area contributed by atoms with E-state index in [-0.39, 0.29) is 5.41 Å². The van der Waals surface area contributed by atoms with Crippen LogP contribution in [-0.2, 0) is 6.42 Å². The molecule has 0 saturated heterocycles. The summed E-state index contributed by atoms with van der Waals surface area (Å²) in [4.78, 5) is 0. The first-order valence-electron chi connectivity index (χ1n) is 6.01. The summed E-state index contributed by atoms with van der Waals surface area (Å²) in [7, 11) is 0. The van der Waals surface area contributed by atoms with Gasteiger partial charge >= 0.3 is 0 Å². The van der Waals surface area contributed by atoms with Crippen LogP contribution < -0.4 is 0 Å². The molecule has 0 N–H and O–H groups in total. The van der Waals surface area contributed by atoms with Crippen LogP contribution in [0.2, 0.25) is 0 Å². The summed E-state index contributed by atoms with van der Waals surface area (Å²) in [6.45, 7) is 11.1. The van der Waals surface area contributed by atoms with E-state index in [0.717, 1.165) is 12.3 Å². The van der Waals surface area contributed by atoms with Crippen LogP contribution in [0.25, 0.3) is 0 Å². The molecule has 0 aromatic heterocycles. The molecule has 1 aromatic carbocycles. The van der Waals surface area contributed by atoms with Gasteiger partial charge in [0.25, 0.3) is 0 Å². The lowest BCUT2D eigenvalue weighted by atomic mass is 9.76. The van der Waals surface area contributed by atoms with Gasteiger partial charge in [-0.05, 0) is 48.3 Å². The third-order valence-corrected chi connectivity index (χ3v) is 4.49. The topological polar surface area (TPSA) is 0 Å². The van der Waals surface area contributed by atoms with Gasteiger partial charge < -0.3 is 0 Å². The second-order valence-electron chi connectivity index (χ2n) is 5.54. The molecule has 0 aliphatic heterocycles. The van der Waals surface area contributed by atoms with Gasteiger partial charge in [0.15, 0.2) is 0 Å². The molecule has 1 rings (SSSR count). The van der Waals surface area contributed by atoms with Crippen molar-refractivity contribution in [2.45, 2.75) is 41.0 Å². The maximum Gasteiger partial charge on any atom is 0.0282 e. The first-order chi connectivity index (χ1) is 7.39. The quantitative estimate of drug-likeness (QED) is 0.665. The van der Waals surface area contributed by atoms with Crippen molar-refractivity contribution in [3.63, 3.8) is 0 Å². The molecular formula is C15H23Cl. The Bertz CT molecular complexity index is 354. The van der Waals surface area contributed by atoms with Crippen LogP contribution in [0.4, 0.5) is 0 Å². The fourth-order valence-corrected chi connectivity index (χ4v) is 2.19. The summed E-state index contributed by atoms with van der Waals surface area (Å²) >= 11 is 6.12. The Labute approximate surface area is 105 Å². The molecule has 0 spiro atoms. The molecule has 1 aromatic rings. The first-order valence-corrected chi connectivity index (χ1v) is 6.54. The van der Waals surface area contributed by atoms with E-state index in [2.05, 4.69) is 52.8 Å².